The minimum absolute atomic E-state index is 0.161. The van der Waals surface area contributed by atoms with Crippen molar-refractivity contribution in [2.45, 2.75) is 46.8 Å². The number of rotatable bonds is 12. The van der Waals surface area contributed by atoms with Crippen LogP contribution in [-0.2, 0) is 40.0 Å². The Kier molecular flexibility index (Phi) is 10.1. The van der Waals surface area contributed by atoms with E-state index in [2.05, 4.69) is 5.32 Å². The monoisotopic (exact) mass is 459 g/mol. The predicted octanol–water partition coefficient (Wildman–Crippen LogP) is 0.915. The Bertz CT molecular complexity index is 880. The Morgan fingerprint density at radius 3 is 2.42 bits per heavy atom. The van der Waals surface area contributed by atoms with Crippen molar-refractivity contribution in [1.29, 1.82) is 0 Å². The number of nitrogens with one attached hydrogen (secondary N) is 1. The van der Waals surface area contributed by atoms with E-state index in [0.717, 1.165) is 0 Å². The lowest BCUT2D eigenvalue weighted by Crippen LogP contribution is -2.41. The summed E-state index contributed by atoms with van der Waals surface area (Å²) < 4.78 is 39.0. The molecule has 0 aliphatic heterocycles. The minimum Gasteiger partial charge on any atom is -0.459 e. The van der Waals surface area contributed by atoms with Gasteiger partial charge in [-0.15, -0.1) is 0 Å². The van der Waals surface area contributed by atoms with Crippen LogP contribution in [0.25, 0.3) is 0 Å². The van der Waals surface area contributed by atoms with Gasteiger partial charge < -0.3 is 19.9 Å². The number of carbonyl (C=O) groups is 3. The molecule has 31 heavy (non-hydrogen) atoms. The van der Waals surface area contributed by atoms with Crippen molar-refractivity contribution in [3.8, 4) is 5.75 Å². The standard InChI is InChI=1S/C20H29NO9S/c1-14(22)21-10-7-11-31(26,27)29-13-20(3,4)18(24)19(25)28-12-16-8-5-6-9-17(16)30-15(2)23/h5-6,8-9,18,24H,7,10-13H2,1-4H3,(H,21,22)/t18-/m0/s1. The second-order valence-corrected chi connectivity index (χ2v) is 9.32. The van der Waals surface area contributed by atoms with Gasteiger partial charge >= 0.3 is 11.9 Å². The zero-order valence-corrected chi connectivity index (χ0v) is 18.9. The molecule has 2 N–H and O–H groups in total. The van der Waals surface area contributed by atoms with Crippen molar-refractivity contribution in [3.63, 3.8) is 0 Å². The van der Waals surface area contributed by atoms with Crippen molar-refractivity contribution in [2.75, 3.05) is 18.9 Å². The van der Waals surface area contributed by atoms with Gasteiger partial charge in [0.25, 0.3) is 10.1 Å². The molecule has 174 valence electrons. The topological polar surface area (TPSA) is 145 Å². The van der Waals surface area contributed by atoms with E-state index in [4.69, 9.17) is 13.7 Å². The number of aliphatic hydroxyl groups is 1. The zero-order chi connectivity index (χ0) is 23.7. The van der Waals surface area contributed by atoms with Gasteiger partial charge in [0.2, 0.25) is 5.91 Å². The molecule has 1 aromatic carbocycles. The molecule has 1 aromatic rings. The Morgan fingerprint density at radius 1 is 1.16 bits per heavy atom. The van der Waals surface area contributed by atoms with Crippen LogP contribution in [0, 0.1) is 5.41 Å². The largest absolute Gasteiger partial charge is 0.459 e. The molecule has 0 unspecified atom stereocenters. The predicted molar refractivity (Wildman–Crippen MR) is 110 cm³/mol. The summed E-state index contributed by atoms with van der Waals surface area (Å²) in [5, 5.41) is 12.8. The highest BCUT2D eigenvalue weighted by atomic mass is 32.2. The van der Waals surface area contributed by atoms with E-state index in [9.17, 15) is 27.9 Å². The Balaban J connectivity index is 2.60. The van der Waals surface area contributed by atoms with Gasteiger partial charge in [0.1, 0.15) is 12.4 Å². The SMILES string of the molecule is CC(=O)NCCCS(=O)(=O)OCC(C)(C)[C@@H](O)C(=O)OCc1ccccc1OC(C)=O. The lowest BCUT2D eigenvalue weighted by molar-refractivity contribution is -0.162. The third kappa shape index (κ3) is 9.90. The van der Waals surface area contributed by atoms with E-state index < -0.39 is 40.2 Å². The average molecular weight is 460 g/mol. The molecule has 0 aliphatic carbocycles. The summed E-state index contributed by atoms with van der Waals surface area (Å²) in [6.07, 6.45) is -1.50. The molecule has 1 rings (SSSR count). The third-order valence-corrected chi connectivity index (χ3v) is 5.38. The van der Waals surface area contributed by atoms with Crippen LogP contribution >= 0.6 is 0 Å². The number of benzene rings is 1. The molecule has 0 saturated carbocycles. The molecule has 1 atom stereocenters. The van der Waals surface area contributed by atoms with Crippen LogP contribution < -0.4 is 10.1 Å². The van der Waals surface area contributed by atoms with E-state index in [1.165, 1.54) is 33.8 Å². The first-order chi connectivity index (χ1) is 14.3. The fourth-order valence-electron chi connectivity index (χ4n) is 2.32. The van der Waals surface area contributed by atoms with Gasteiger partial charge in [-0.25, -0.2) is 4.79 Å². The molecular weight excluding hydrogens is 430 g/mol. The number of carbonyl (C=O) groups excluding carboxylic acids is 3. The van der Waals surface area contributed by atoms with Gasteiger partial charge in [-0.2, -0.15) is 8.42 Å². The number of para-hydroxylation sites is 1. The number of ether oxygens (including phenoxy) is 2. The molecule has 0 bridgehead atoms. The van der Waals surface area contributed by atoms with Crippen LogP contribution in [0.2, 0.25) is 0 Å². The Morgan fingerprint density at radius 2 is 1.81 bits per heavy atom. The lowest BCUT2D eigenvalue weighted by atomic mass is 9.88. The summed E-state index contributed by atoms with van der Waals surface area (Å²) in [6.45, 7) is 4.96. The van der Waals surface area contributed by atoms with Crippen LogP contribution in [-0.4, -0.2) is 56.4 Å². The van der Waals surface area contributed by atoms with Crippen molar-refractivity contribution >= 4 is 28.0 Å². The number of hydrogen-bond acceptors (Lipinski definition) is 9. The fraction of sp³-hybridized carbons (Fsp3) is 0.550. The molecule has 0 saturated heterocycles. The van der Waals surface area contributed by atoms with Crippen LogP contribution in [0.1, 0.15) is 39.7 Å². The number of amides is 1. The molecule has 0 aliphatic rings. The quantitative estimate of drug-likeness (QED) is 0.202. The highest BCUT2D eigenvalue weighted by molar-refractivity contribution is 7.86. The van der Waals surface area contributed by atoms with E-state index >= 15 is 0 Å². The molecule has 0 spiro atoms. The van der Waals surface area contributed by atoms with E-state index in [1.54, 1.807) is 18.2 Å². The first-order valence-corrected chi connectivity index (χ1v) is 11.1. The summed E-state index contributed by atoms with van der Waals surface area (Å²) in [6, 6.07) is 6.45. The highest BCUT2D eigenvalue weighted by Crippen LogP contribution is 2.25. The van der Waals surface area contributed by atoms with Gasteiger partial charge in [0.05, 0.1) is 12.4 Å². The van der Waals surface area contributed by atoms with Gasteiger partial charge in [-0.1, -0.05) is 32.0 Å². The fourth-order valence-corrected chi connectivity index (χ4v) is 3.42. The van der Waals surface area contributed by atoms with Crippen molar-refractivity contribution < 1.29 is 41.6 Å². The third-order valence-electron chi connectivity index (χ3n) is 4.12. The smallest absolute Gasteiger partial charge is 0.335 e. The number of esters is 2. The summed E-state index contributed by atoms with van der Waals surface area (Å²) >= 11 is 0. The maximum atomic E-state index is 12.3. The van der Waals surface area contributed by atoms with E-state index in [-0.39, 0.29) is 37.0 Å². The first kappa shape index (κ1) is 26.5. The molecule has 0 heterocycles. The van der Waals surface area contributed by atoms with Gasteiger partial charge in [-0.3, -0.25) is 13.8 Å². The first-order valence-electron chi connectivity index (χ1n) is 9.56. The summed E-state index contributed by atoms with van der Waals surface area (Å²) in [4.78, 5) is 34.2. The maximum absolute atomic E-state index is 12.3. The number of hydrogen-bond donors (Lipinski definition) is 2. The molecule has 11 heteroatoms. The second-order valence-electron chi connectivity index (χ2n) is 7.56. The van der Waals surface area contributed by atoms with Crippen molar-refractivity contribution in [2.24, 2.45) is 5.41 Å². The molecular formula is C20H29NO9S. The van der Waals surface area contributed by atoms with Crippen LogP contribution in [0.4, 0.5) is 0 Å². The maximum Gasteiger partial charge on any atom is 0.335 e. The molecule has 0 aromatic heterocycles. The van der Waals surface area contributed by atoms with E-state index in [0.29, 0.717) is 5.56 Å². The number of aliphatic hydroxyl groups excluding tert-OH is 1. The molecule has 0 fully saturated rings. The van der Waals surface area contributed by atoms with Crippen LogP contribution in [0.15, 0.2) is 24.3 Å². The molecule has 0 radical (unpaired) electrons. The van der Waals surface area contributed by atoms with Gasteiger partial charge in [0.15, 0.2) is 6.10 Å². The minimum atomic E-state index is -3.91. The molecule has 1 amide bonds. The summed E-state index contributed by atoms with van der Waals surface area (Å²) in [5.74, 6) is -1.87. The van der Waals surface area contributed by atoms with Crippen LogP contribution in [0.5, 0.6) is 5.75 Å². The zero-order valence-electron chi connectivity index (χ0n) is 18.0. The highest BCUT2D eigenvalue weighted by Gasteiger charge is 2.36. The Hall–Kier alpha value is -2.50. The Labute approximate surface area is 182 Å². The molecule has 10 nitrogen and oxygen atoms in total. The van der Waals surface area contributed by atoms with E-state index in [1.807, 2.05) is 0 Å². The lowest BCUT2D eigenvalue weighted by Gasteiger charge is -2.28. The average Bonchev–Trinajstić information content (AvgIpc) is 2.68. The van der Waals surface area contributed by atoms with Crippen LogP contribution in [0.3, 0.4) is 0 Å². The second kappa shape index (κ2) is 11.8. The van der Waals surface area contributed by atoms with Crippen molar-refractivity contribution in [3.05, 3.63) is 29.8 Å². The normalized spacial score (nSPS) is 12.7. The van der Waals surface area contributed by atoms with Crippen molar-refractivity contribution in [1.82, 2.24) is 5.32 Å². The summed E-state index contributed by atoms with van der Waals surface area (Å²) in [5.41, 5.74) is -0.842. The van der Waals surface area contributed by atoms with Gasteiger partial charge in [0, 0.05) is 31.4 Å². The van der Waals surface area contributed by atoms with Gasteiger partial charge in [-0.05, 0) is 12.5 Å². The summed E-state index contributed by atoms with van der Waals surface area (Å²) in [7, 11) is -3.91.